The van der Waals surface area contributed by atoms with E-state index in [0.717, 1.165) is 0 Å². The number of benzene rings is 2. The Bertz CT molecular complexity index is 880. The number of nitrogens with zero attached hydrogens (tertiary/aromatic N) is 2. The predicted molar refractivity (Wildman–Crippen MR) is 96.3 cm³/mol. The third-order valence-electron chi connectivity index (χ3n) is 5.06. The average Bonchev–Trinajstić information content (AvgIpc) is 2.68. The molecular weight excluding hydrogens is 334 g/mol. The molecule has 0 atom stereocenters. The second-order valence-electron chi connectivity index (χ2n) is 6.39. The summed E-state index contributed by atoms with van der Waals surface area (Å²) < 4.78 is 27.3. The summed E-state index contributed by atoms with van der Waals surface area (Å²) in [6.07, 6.45) is 1.37. The minimum Gasteiger partial charge on any atom is -0.330 e. The molecule has 0 radical (unpaired) electrons. The molecule has 1 saturated heterocycles. The Morgan fingerprint density at radius 2 is 1.76 bits per heavy atom. The molecule has 130 valence electrons. The van der Waals surface area contributed by atoms with Gasteiger partial charge in [0.2, 0.25) is 10.0 Å². The van der Waals surface area contributed by atoms with E-state index in [-0.39, 0.29) is 10.3 Å². The molecular formula is C19H21N3O2S. The second kappa shape index (κ2) is 6.96. The molecule has 0 saturated carbocycles. The fourth-order valence-corrected chi connectivity index (χ4v) is 4.92. The molecule has 2 N–H and O–H groups in total. The Kier molecular flexibility index (Phi) is 4.91. The maximum absolute atomic E-state index is 12.9. The molecule has 1 aliphatic heterocycles. The van der Waals surface area contributed by atoms with Crippen molar-refractivity contribution in [1.82, 2.24) is 4.31 Å². The first-order chi connectivity index (χ1) is 12.0. The van der Waals surface area contributed by atoms with E-state index in [4.69, 9.17) is 11.0 Å². The first kappa shape index (κ1) is 17.6. The Morgan fingerprint density at radius 1 is 1.08 bits per heavy atom. The van der Waals surface area contributed by atoms with Crippen LogP contribution in [-0.2, 0) is 15.4 Å². The molecule has 1 fully saturated rings. The minimum atomic E-state index is -3.59. The van der Waals surface area contributed by atoms with Gasteiger partial charge >= 0.3 is 0 Å². The van der Waals surface area contributed by atoms with Gasteiger partial charge in [0.1, 0.15) is 0 Å². The van der Waals surface area contributed by atoms with Crippen molar-refractivity contribution in [3.05, 3.63) is 65.7 Å². The first-order valence-corrected chi connectivity index (χ1v) is 9.72. The second-order valence-corrected chi connectivity index (χ2v) is 8.33. The summed E-state index contributed by atoms with van der Waals surface area (Å²) in [5, 5.41) is 8.99. The number of nitriles is 1. The standard InChI is InChI=1S/C19H21N3O2S/c20-14-16-5-4-8-18(13-16)25(23,24)22-11-9-19(15-21,10-12-22)17-6-2-1-3-7-17/h1-8,13H,9-12,15,21H2. The van der Waals surface area contributed by atoms with Gasteiger partial charge in [0, 0.05) is 25.0 Å². The molecule has 1 heterocycles. The Labute approximate surface area is 148 Å². The lowest BCUT2D eigenvalue weighted by molar-refractivity contribution is 0.237. The van der Waals surface area contributed by atoms with Crippen LogP contribution in [0.15, 0.2) is 59.5 Å². The molecule has 0 amide bonds. The molecule has 0 bridgehead atoms. The zero-order valence-electron chi connectivity index (χ0n) is 13.9. The van der Waals surface area contributed by atoms with Crippen molar-refractivity contribution in [2.45, 2.75) is 23.2 Å². The van der Waals surface area contributed by atoms with Crippen LogP contribution in [0.3, 0.4) is 0 Å². The average molecular weight is 355 g/mol. The van der Waals surface area contributed by atoms with Crippen molar-refractivity contribution < 1.29 is 8.42 Å². The van der Waals surface area contributed by atoms with Gasteiger partial charge in [0.05, 0.1) is 16.5 Å². The maximum atomic E-state index is 12.9. The molecule has 3 rings (SSSR count). The molecule has 0 aliphatic carbocycles. The fraction of sp³-hybridized carbons (Fsp3) is 0.316. The van der Waals surface area contributed by atoms with E-state index in [1.165, 1.54) is 22.0 Å². The van der Waals surface area contributed by atoms with Gasteiger partial charge in [-0.25, -0.2) is 8.42 Å². The molecule has 5 nitrogen and oxygen atoms in total. The van der Waals surface area contributed by atoms with Gasteiger partial charge in [-0.05, 0) is 36.6 Å². The molecule has 6 heteroatoms. The van der Waals surface area contributed by atoms with Crippen molar-refractivity contribution in [3.8, 4) is 6.07 Å². The van der Waals surface area contributed by atoms with Crippen molar-refractivity contribution in [2.75, 3.05) is 19.6 Å². The van der Waals surface area contributed by atoms with Crippen LogP contribution in [0.4, 0.5) is 0 Å². The Balaban J connectivity index is 1.82. The third kappa shape index (κ3) is 3.31. The normalized spacial score (nSPS) is 17.8. The highest BCUT2D eigenvalue weighted by Gasteiger charge is 2.38. The zero-order chi connectivity index (χ0) is 17.9. The highest BCUT2D eigenvalue weighted by Crippen LogP contribution is 2.36. The SMILES string of the molecule is N#Cc1cccc(S(=O)(=O)N2CCC(CN)(c3ccccc3)CC2)c1. The summed E-state index contributed by atoms with van der Waals surface area (Å²) in [5.74, 6) is 0. The van der Waals surface area contributed by atoms with E-state index < -0.39 is 10.0 Å². The lowest BCUT2D eigenvalue weighted by Gasteiger charge is -2.41. The van der Waals surface area contributed by atoms with E-state index in [2.05, 4.69) is 12.1 Å². The van der Waals surface area contributed by atoms with Crippen LogP contribution in [-0.4, -0.2) is 32.4 Å². The summed E-state index contributed by atoms with van der Waals surface area (Å²) in [5.41, 5.74) is 7.40. The van der Waals surface area contributed by atoms with Crippen molar-refractivity contribution in [1.29, 1.82) is 5.26 Å². The van der Waals surface area contributed by atoms with Gasteiger partial charge in [-0.2, -0.15) is 9.57 Å². The van der Waals surface area contributed by atoms with Crippen LogP contribution < -0.4 is 5.73 Å². The first-order valence-electron chi connectivity index (χ1n) is 8.28. The van der Waals surface area contributed by atoms with E-state index in [0.29, 0.717) is 38.0 Å². The molecule has 1 aliphatic rings. The van der Waals surface area contributed by atoms with Crippen LogP contribution in [0.25, 0.3) is 0 Å². The summed E-state index contributed by atoms with van der Waals surface area (Å²) in [7, 11) is -3.59. The Hall–Kier alpha value is -2.20. The van der Waals surface area contributed by atoms with E-state index >= 15 is 0 Å². The molecule has 0 spiro atoms. The van der Waals surface area contributed by atoms with Crippen LogP contribution in [0.5, 0.6) is 0 Å². The minimum absolute atomic E-state index is 0.173. The van der Waals surface area contributed by atoms with Gasteiger partial charge in [-0.3, -0.25) is 0 Å². The number of sulfonamides is 1. The lowest BCUT2D eigenvalue weighted by Crippen LogP contribution is -2.48. The molecule has 2 aromatic rings. The topological polar surface area (TPSA) is 87.2 Å². The summed E-state index contributed by atoms with van der Waals surface area (Å²) >= 11 is 0. The summed E-state index contributed by atoms with van der Waals surface area (Å²) in [6, 6.07) is 18.2. The van der Waals surface area contributed by atoms with Crippen LogP contribution in [0.1, 0.15) is 24.0 Å². The molecule has 25 heavy (non-hydrogen) atoms. The zero-order valence-corrected chi connectivity index (χ0v) is 14.7. The van der Waals surface area contributed by atoms with Gasteiger partial charge in [-0.1, -0.05) is 36.4 Å². The monoisotopic (exact) mass is 355 g/mol. The summed E-state index contributed by atoms with van der Waals surface area (Å²) in [4.78, 5) is 0.173. The quantitative estimate of drug-likeness (QED) is 0.911. The number of nitrogens with two attached hydrogens (primary N) is 1. The van der Waals surface area contributed by atoms with Crippen LogP contribution in [0.2, 0.25) is 0 Å². The summed E-state index contributed by atoms with van der Waals surface area (Å²) in [6.45, 7) is 1.34. The molecule has 2 aromatic carbocycles. The van der Waals surface area contributed by atoms with E-state index in [1.54, 1.807) is 12.1 Å². The number of hydrogen-bond donors (Lipinski definition) is 1. The molecule has 0 unspecified atom stereocenters. The third-order valence-corrected chi connectivity index (χ3v) is 6.95. The largest absolute Gasteiger partial charge is 0.330 e. The van der Waals surface area contributed by atoms with Gasteiger partial charge < -0.3 is 5.73 Å². The highest BCUT2D eigenvalue weighted by atomic mass is 32.2. The number of rotatable bonds is 4. The van der Waals surface area contributed by atoms with Gasteiger partial charge in [0.15, 0.2) is 0 Å². The number of piperidine rings is 1. The van der Waals surface area contributed by atoms with Crippen molar-refractivity contribution in [2.24, 2.45) is 5.73 Å². The fourth-order valence-electron chi connectivity index (χ4n) is 3.43. The van der Waals surface area contributed by atoms with Crippen molar-refractivity contribution >= 4 is 10.0 Å². The van der Waals surface area contributed by atoms with Gasteiger partial charge in [0.25, 0.3) is 0 Å². The maximum Gasteiger partial charge on any atom is 0.243 e. The smallest absolute Gasteiger partial charge is 0.243 e. The Morgan fingerprint density at radius 3 is 2.36 bits per heavy atom. The van der Waals surface area contributed by atoms with Crippen LogP contribution >= 0.6 is 0 Å². The lowest BCUT2D eigenvalue weighted by atomic mass is 9.73. The van der Waals surface area contributed by atoms with E-state index in [1.807, 2.05) is 24.3 Å². The highest BCUT2D eigenvalue weighted by molar-refractivity contribution is 7.89. The predicted octanol–water partition coefficient (Wildman–Crippen LogP) is 2.24. The van der Waals surface area contributed by atoms with Crippen molar-refractivity contribution in [3.63, 3.8) is 0 Å². The number of hydrogen-bond acceptors (Lipinski definition) is 4. The van der Waals surface area contributed by atoms with E-state index in [9.17, 15) is 8.42 Å². The van der Waals surface area contributed by atoms with Crippen LogP contribution in [0, 0.1) is 11.3 Å². The van der Waals surface area contributed by atoms with Gasteiger partial charge in [-0.15, -0.1) is 0 Å². The molecule has 0 aromatic heterocycles.